The van der Waals surface area contributed by atoms with E-state index in [1.165, 1.54) is 12.8 Å². The Morgan fingerprint density at radius 1 is 1.33 bits per heavy atom. The molecule has 18 heavy (non-hydrogen) atoms. The van der Waals surface area contributed by atoms with E-state index in [0.29, 0.717) is 28.6 Å². The standard InChI is InChI=1S/C12H15Cl3N2O/c1-17-5-3-2-4-8(17)7-18-12-10(14)6-9(13)11(15)16-12/h6,8H,2-5,7H2,1H3. The Kier molecular flexibility index (Phi) is 4.96. The second-order valence-corrected chi connectivity index (χ2v) is 5.66. The maximum Gasteiger partial charge on any atom is 0.234 e. The topological polar surface area (TPSA) is 25.4 Å². The molecule has 1 aromatic rings. The van der Waals surface area contributed by atoms with Crippen LogP contribution in [-0.2, 0) is 0 Å². The number of likely N-dealkylation sites (N-methyl/N-ethyl adjacent to an activating group) is 1. The van der Waals surface area contributed by atoms with Crippen LogP contribution in [-0.4, -0.2) is 36.1 Å². The van der Waals surface area contributed by atoms with Crippen molar-refractivity contribution in [2.45, 2.75) is 25.3 Å². The molecular weight excluding hydrogens is 295 g/mol. The van der Waals surface area contributed by atoms with E-state index in [4.69, 9.17) is 39.5 Å². The molecule has 1 aromatic heterocycles. The predicted octanol–water partition coefficient (Wildman–Crippen LogP) is 3.90. The van der Waals surface area contributed by atoms with Gasteiger partial charge in [-0.05, 0) is 32.5 Å². The van der Waals surface area contributed by atoms with Crippen LogP contribution in [0.1, 0.15) is 19.3 Å². The summed E-state index contributed by atoms with van der Waals surface area (Å²) in [7, 11) is 2.11. The number of likely N-dealkylation sites (tertiary alicyclic amines) is 1. The van der Waals surface area contributed by atoms with Gasteiger partial charge in [0.25, 0.3) is 0 Å². The molecule has 3 nitrogen and oxygen atoms in total. The molecule has 1 aliphatic heterocycles. The summed E-state index contributed by atoms with van der Waals surface area (Å²) in [6.07, 6.45) is 3.62. The van der Waals surface area contributed by atoms with Gasteiger partial charge in [0.1, 0.15) is 11.6 Å². The lowest BCUT2D eigenvalue weighted by Gasteiger charge is -2.32. The highest BCUT2D eigenvalue weighted by molar-refractivity contribution is 6.42. The molecule has 0 bridgehead atoms. The molecule has 1 aliphatic rings. The number of rotatable bonds is 3. The minimum atomic E-state index is 0.216. The fourth-order valence-corrected chi connectivity index (χ4v) is 2.60. The molecule has 1 atom stereocenters. The van der Waals surface area contributed by atoms with E-state index in [-0.39, 0.29) is 5.15 Å². The number of hydrogen-bond donors (Lipinski definition) is 0. The van der Waals surface area contributed by atoms with Crippen LogP contribution in [0.5, 0.6) is 5.88 Å². The van der Waals surface area contributed by atoms with Gasteiger partial charge in [-0.1, -0.05) is 41.2 Å². The Morgan fingerprint density at radius 2 is 2.11 bits per heavy atom. The third kappa shape index (κ3) is 3.41. The Bertz CT molecular complexity index is 428. The van der Waals surface area contributed by atoms with Gasteiger partial charge in [0, 0.05) is 6.04 Å². The van der Waals surface area contributed by atoms with Crippen molar-refractivity contribution in [2.75, 3.05) is 20.2 Å². The van der Waals surface area contributed by atoms with Gasteiger partial charge < -0.3 is 9.64 Å². The summed E-state index contributed by atoms with van der Waals surface area (Å²) in [4.78, 5) is 6.34. The zero-order valence-electron chi connectivity index (χ0n) is 10.1. The molecule has 100 valence electrons. The van der Waals surface area contributed by atoms with Crippen LogP contribution in [0.25, 0.3) is 0 Å². The van der Waals surface area contributed by atoms with Crippen LogP contribution in [0, 0.1) is 0 Å². The van der Waals surface area contributed by atoms with Gasteiger partial charge in [-0.2, -0.15) is 4.98 Å². The normalized spacial score (nSPS) is 21.0. The number of ether oxygens (including phenoxy) is 1. The first-order valence-electron chi connectivity index (χ1n) is 5.92. The molecule has 0 saturated carbocycles. The lowest BCUT2D eigenvalue weighted by molar-refractivity contribution is 0.122. The average Bonchev–Trinajstić information content (AvgIpc) is 2.34. The van der Waals surface area contributed by atoms with Crippen molar-refractivity contribution in [3.8, 4) is 5.88 Å². The van der Waals surface area contributed by atoms with Crippen molar-refractivity contribution in [1.29, 1.82) is 0 Å². The van der Waals surface area contributed by atoms with E-state index in [9.17, 15) is 0 Å². The summed E-state index contributed by atoms with van der Waals surface area (Å²) >= 11 is 17.7. The quantitative estimate of drug-likeness (QED) is 0.792. The molecule has 0 radical (unpaired) electrons. The van der Waals surface area contributed by atoms with E-state index >= 15 is 0 Å². The predicted molar refractivity (Wildman–Crippen MR) is 75.0 cm³/mol. The number of aromatic nitrogens is 1. The minimum Gasteiger partial charge on any atom is -0.475 e. The summed E-state index contributed by atoms with van der Waals surface area (Å²) in [6, 6.07) is 1.96. The molecule has 0 N–H and O–H groups in total. The van der Waals surface area contributed by atoms with E-state index in [1.54, 1.807) is 6.07 Å². The summed E-state index contributed by atoms with van der Waals surface area (Å²) in [5.74, 6) is 0.352. The molecule has 6 heteroatoms. The van der Waals surface area contributed by atoms with Crippen molar-refractivity contribution >= 4 is 34.8 Å². The van der Waals surface area contributed by atoms with E-state index in [0.717, 1.165) is 13.0 Å². The second kappa shape index (κ2) is 6.29. The van der Waals surface area contributed by atoms with Crippen LogP contribution >= 0.6 is 34.8 Å². The van der Waals surface area contributed by atoms with Gasteiger partial charge in [-0.15, -0.1) is 0 Å². The molecular formula is C12H15Cl3N2O. The maximum absolute atomic E-state index is 6.01. The summed E-state index contributed by atoms with van der Waals surface area (Å²) < 4.78 is 5.65. The smallest absolute Gasteiger partial charge is 0.234 e. The Hall–Kier alpha value is -0.220. The van der Waals surface area contributed by atoms with Crippen molar-refractivity contribution in [2.24, 2.45) is 0 Å². The maximum atomic E-state index is 6.01. The van der Waals surface area contributed by atoms with Crippen LogP contribution < -0.4 is 4.74 Å². The Balaban J connectivity index is 1.99. The molecule has 0 amide bonds. The van der Waals surface area contributed by atoms with Gasteiger partial charge in [-0.25, -0.2) is 0 Å². The van der Waals surface area contributed by atoms with Gasteiger partial charge in [0.2, 0.25) is 5.88 Å². The first-order chi connectivity index (χ1) is 8.58. The SMILES string of the molecule is CN1CCCCC1COc1nc(Cl)c(Cl)cc1Cl. The third-order valence-corrected chi connectivity index (χ3v) is 4.13. The van der Waals surface area contributed by atoms with E-state index in [2.05, 4.69) is 16.9 Å². The van der Waals surface area contributed by atoms with Gasteiger partial charge in [0.15, 0.2) is 5.15 Å². The minimum absolute atomic E-state index is 0.216. The number of piperidine rings is 1. The summed E-state index contributed by atoms with van der Waals surface area (Å²) in [6.45, 7) is 1.68. The number of hydrogen-bond acceptors (Lipinski definition) is 3. The number of pyridine rings is 1. The van der Waals surface area contributed by atoms with Crippen LogP contribution in [0.4, 0.5) is 0 Å². The van der Waals surface area contributed by atoms with Crippen LogP contribution in [0.2, 0.25) is 15.2 Å². The fraction of sp³-hybridized carbons (Fsp3) is 0.583. The molecule has 1 unspecified atom stereocenters. The Morgan fingerprint density at radius 3 is 2.83 bits per heavy atom. The molecule has 0 aliphatic carbocycles. The molecule has 1 fully saturated rings. The molecule has 2 heterocycles. The van der Waals surface area contributed by atoms with Gasteiger partial charge in [-0.3, -0.25) is 0 Å². The van der Waals surface area contributed by atoms with E-state index in [1.807, 2.05) is 0 Å². The lowest BCUT2D eigenvalue weighted by Crippen LogP contribution is -2.40. The summed E-state index contributed by atoms with van der Waals surface area (Å²) in [5.41, 5.74) is 0. The van der Waals surface area contributed by atoms with E-state index < -0.39 is 0 Å². The van der Waals surface area contributed by atoms with Crippen LogP contribution in [0.15, 0.2) is 6.07 Å². The van der Waals surface area contributed by atoms with Gasteiger partial charge >= 0.3 is 0 Å². The largest absolute Gasteiger partial charge is 0.475 e. The van der Waals surface area contributed by atoms with Crippen molar-refractivity contribution < 1.29 is 4.74 Å². The fourth-order valence-electron chi connectivity index (χ4n) is 2.06. The van der Waals surface area contributed by atoms with Crippen molar-refractivity contribution in [1.82, 2.24) is 9.88 Å². The highest BCUT2D eigenvalue weighted by atomic mass is 35.5. The second-order valence-electron chi connectivity index (χ2n) is 4.49. The van der Waals surface area contributed by atoms with Gasteiger partial charge in [0.05, 0.1) is 5.02 Å². The molecule has 0 aromatic carbocycles. The Labute approximate surface area is 122 Å². The highest BCUT2D eigenvalue weighted by Crippen LogP contribution is 2.30. The van der Waals surface area contributed by atoms with Crippen molar-refractivity contribution in [3.05, 3.63) is 21.3 Å². The zero-order chi connectivity index (χ0) is 13.1. The molecule has 0 spiro atoms. The zero-order valence-corrected chi connectivity index (χ0v) is 12.4. The molecule has 2 rings (SSSR count). The van der Waals surface area contributed by atoms with Crippen molar-refractivity contribution in [3.63, 3.8) is 0 Å². The first kappa shape index (κ1) is 14.2. The average molecular weight is 310 g/mol. The lowest BCUT2D eigenvalue weighted by atomic mass is 10.0. The number of nitrogens with zero attached hydrogens (tertiary/aromatic N) is 2. The van der Waals surface area contributed by atoms with Crippen LogP contribution in [0.3, 0.4) is 0 Å². The molecule has 1 saturated heterocycles. The monoisotopic (exact) mass is 308 g/mol. The summed E-state index contributed by atoms with van der Waals surface area (Å²) in [5, 5.41) is 0.944. The highest BCUT2D eigenvalue weighted by Gasteiger charge is 2.20. The first-order valence-corrected chi connectivity index (χ1v) is 7.06. The number of halogens is 3. The third-order valence-electron chi connectivity index (χ3n) is 3.19.